The second-order valence-corrected chi connectivity index (χ2v) is 6.41. The molecular formula is C19H19Cl2NO5. The zero-order chi connectivity index (χ0) is 19.8. The van der Waals surface area contributed by atoms with E-state index in [1.54, 1.807) is 31.4 Å². The van der Waals surface area contributed by atoms with E-state index in [1.165, 1.54) is 13.0 Å². The molecule has 0 radical (unpaired) electrons. The molecule has 27 heavy (non-hydrogen) atoms. The van der Waals surface area contributed by atoms with Crippen LogP contribution in [-0.4, -0.2) is 31.7 Å². The molecule has 2 rings (SSSR count). The summed E-state index contributed by atoms with van der Waals surface area (Å²) in [5.74, 6) is -0.0697. The molecular weight excluding hydrogens is 393 g/mol. The molecule has 0 unspecified atom stereocenters. The SMILES string of the molecule is COc1ccc(CNC(=O)COC(=O)[C@@H](C)Oc2ccc(Cl)cc2Cl)cc1. The van der Waals surface area contributed by atoms with Gasteiger partial charge in [0.1, 0.15) is 11.5 Å². The molecule has 0 aliphatic carbocycles. The molecule has 1 atom stereocenters. The number of methoxy groups -OCH3 is 1. The monoisotopic (exact) mass is 411 g/mol. The van der Waals surface area contributed by atoms with Crippen molar-refractivity contribution in [3.05, 3.63) is 58.1 Å². The Kier molecular flexibility index (Phi) is 7.76. The van der Waals surface area contributed by atoms with Gasteiger partial charge in [-0.05, 0) is 42.8 Å². The van der Waals surface area contributed by atoms with Crippen molar-refractivity contribution in [2.45, 2.75) is 19.6 Å². The molecule has 2 aromatic carbocycles. The highest BCUT2D eigenvalue weighted by atomic mass is 35.5. The number of esters is 1. The van der Waals surface area contributed by atoms with E-state index in [1.807, 2.05) is 12.1 Å². The molecule has 0 bridgehead atoms. The summed E-state index contributed by atoms with van der Waals surface area (Å²) in [5, 5.41) is 3.39. The van der Waals surface area contributed by atoms with E-state index < -0.39 is 24.6 Å². The van der Waals surface area contributed by atoms with Crippen molar-refractivity contribution in [3.8, 4) is 11.5 Å². The van der Waals surface area contributed by atoms with Crippen molar-refractivity contribution in [1.29, 1.82) is 0 Å². The molecule has 144 valence electrons. The molecule has 0 aliphatic heterocycles. The van der Waals surface area contributed by atoms with Crippen LogP contribution in [0.2, 0.25) is 10.0 Å². The van der Waals surface area contributed by atoms with Crippen LogP contribution in [0.4, 0.5) is 0 Å². The van der Waals surface area contributed by atoms with Crippen LogP contribution in [0.3, 0.4) is 0 Å². The quantitative estimate of drug-likeness (QED) is 0.671. The van der Waals surface area contributed by atoms with Crippen molar-refractivity contribution >= 4 is 35.1 Å². The van der Waals surface area contributed by atoms with E-state index in [2.05, 4.69) is 5.32 Å². The van der Waals surface area contributed by atoms with Crippen LogP contribution in [0, 0.1) is 0 Å². The third-order valence-electron chi connectivity index (χ3n) is 3.52. The van der Waals surface area contributed by atoms with Crippen molar-refractivity contribution in [3.63, 3.8) is 0 Å². The van der Waals surface area contributed by atoms with Crippen LogP contribution in [-0.2, 0) is 20.9 Å². The number of rotatable bonds is 8. The van der Waals surface area contributed by atoms with Crippen LogP contribution in [0.25, 0.3) is 0 Å². The highest BCUT2D eigenvalue weighted by Gasteiger charge is 2.19. The number of ether oxygens (including phenoxy) is 3. The number of halogens is 2. The van der Waals surface area contributed by atoms with Crippen molar-refractivity contribution in [2.24, 2.45) is 0 Å². The summed E-state index contributed by atoms with van der Waals surface area (Å²) >= 11 is 11.8. The lowest BCUT2D eigenvalue weighted by atomic mass is 10.2. The van der Waals surface area contributed by atoms with Gasteiger partial charge in [-0.3, -0.25) is 4.79 Å². The number of carbonyl (C=O) groups is 2. The third-order valence-corrected chi connectivity index (χ3v) is 4.05. The van der Waals surface area contributed by atoms with Crippen LogP contribution in [0.5, 0.6) is 11.5 Å². The summed E-state index contributed by atoms with van der Waals surface area (Å²) in [6.07, 6.45) is -0.932. The van der Waals surface area contributed by atoms with E-state index in [4.69, 9.17) is 37.4 Å². The fourth-order valence-corrected chi connectivity index (χ4v) is 2.51. The zero-order valence-corrected chi connectivity index (χ0v) is 16.3. The first-order valence-corrected chi connectivity index (χ1v) is 8.82. The zero-order valence-electron chi connectivity index (χ0n) is 14.8. The largest absolute Gasteiger partial charge is 0.497 e. The molecule has 1 N–H and O–H groups in total. The van der Waals surface area contributed by atoms with Gasteiger partial charge in [-0.2, -0.15) is 0 Å². The summed E-state index contributed by atoms with van der Waals surface area (Å²) in [6, 6.07) is 11.9. The van der Waals surface area contributed by atoms with E-state index in [0.717, 1.165) is 11.3 Å². The first-order valence-electron chi connectivity index (χ1n) is 8.07. The van der Waals surface area contributed by atoms with Gasteiger partial charge in [0.15, 0.2) is 12.7 Å². The Morgan fingerprint density at radius 1 is 1.11 bits per heavy atom. The Hall–Kier alpha value is -2.44. The van der Waals surface area contributed by atoms with Gasteiger partial charge in [0.25, 0.3) is 5.91 Å². The summed E-state index contributed by atoms with van der Waals surface area (Å²) in [4.78, 5) is 23.8. The fourth-order valence-electron chi connectivity index (χ4n) is 2.06. The maximum absolute atomic E-state index is 12.0. The van der Waals surface area contributed by atoms with Gasteiger partial charge in [-0.15, -0.1) is 0 Å². The molecule has 0 saturated carbocycles. The van der Waals surface area contributed by atoms with Crippen molar-refractivity contribution in [1.82, 2.24) is 5.32 Å². The van der Waals surface area contributed by atoms with Gasteiger partial charge in [-0.1, -0.05) is 35.3 Å². The Labute approximate surface area is 167 Å². The highest BCUT2D eigenvalue weighted by molar-refractivity contribution is 6.35. The topological polar surface area (TPSA) is 73.9 Å². The number of hydrogen-bond donors (Lipinski definition) is 1. The third kappa shape index (κ3) is 6.66. The molecule has 6 nitrogen and oxygen atoms in total. The van der Waals surface area contributed by atoms with E-state index >= 15 is 0 Å². The normalized spacial score (nSPS) is 11.4. The lowest BCUT2D eigenvalue weighted by Gasteiger charge is -2.15. The van der Waals surface area contributed by atoms with Gasteiger partial charge in [0, 0.05) is 11.6 Å². The Bertz CT molecular complexity index is 795. The Morgan fingerprint density at radius 2 is 1.81 bits per heavy atom. The van der Waals surface area contributed by atoms with Gasteiger partial charge in [-0.25, -0.2) is 4.79 Å². The summed E-state index contributed by atoms with van der Waals surface area (Å²) in [5.41, 5.74) is 0.893. The molecule has 8 heteroatoms. The number of carbonyl (C=O) groups excluding carboxylic acids is 2. The van der Waals surface area contributed by atoms with Crippen molar-refractivity contribution in [2.75, 3.05) is 13.7 Å². The number of benzene rings is 2. The van der Waals surface area contributed by atoms with E-state index in [0.29, 0.717) is 17.3 Å². The maximum Gasteiger partial charge on any atom is 0.347 e. The van der Waals surface area contributed by atoms with E-state index in [-0.39, 0.29) is 5.02 Å². The predicted octanol–water partition coefficient (Wildman–Crippen LogP) is 3.63. The minimum atomic E-state index is -0.932. The van der Waals surface area contributed by atoms with Crippen molar-refractivity contribution < 1.29 is 23.8 Å². The molecule has 0 fully saturated rings. The first-order chi connectivity index (χ1) is 12.9. The molecule has 0 aliphatic rings. The Morgan fingerprint density at radius 3 is 2.44 bits per heavy atom. The van der Waals surface area contributed by atoms with E-state index in [9.17, 15) is 9.59 Å². The van der Waals surface area contributed by atoms with Crippen LogP contribution < -0.4 is 14.8 Å². The highest BCUT2D eigenvalue weighted by Crippen LogP contribution is 2.28. The number of hydrogen-bond acceptors (Lipinski definition) is 5. The number of nitrogens with one attached hydrogen (secondary N) is 1. The average Bonchev–Trinajstić information content (AvgIpc) is 2.66. The lowest BCUT2D eigenvalue weighted by Crippen LogP contribution is -2.32. The molecule has 0 saturated heterocycles. The minimum Gasteiger partial charge on any atom is -0.497 e. The lowest BCUT2D eigenvalue weighted by molar-refractivity contribution is -0.154. The fraction of sp³-hybridized carbons (Fsp3) is 0.263. The van der Waals surface area contributed by atoms with Gasteiger partial charge in [0.2, 0.25) is 0 Å². The molecule has 1 amide bonds. The Balaban J connectivity index is 1.75. The number of amides is 1. The summed E-state index contributed by atoms with van der Waals surface area (Å²) < 4.78 is 15.5. The van der Waals surface area contributed by atoms with Gasteiger partial charge >= 0.3 is 5.97 Å². The van der Waals surface area contributed by atoms with Crippen LogP contribution in [0.1, 0.15) is 12.5 Å². The van der Waals surface area contributed by atoms with Crippen LogP contribution in [0.15, 0.2) is 42.5 Å². The summed E-state index contributed by atoms with van der Waals surface area (Å²) in [7, 11) is 1.58. The molecule has 2 aromatic rings. The smallest absolute Gasteiger partial charge is 0.347 e. The average molecular weight is 412 g/mol. The maximum atomic E-state index is 12.0. The second-order valence-electron chi connectivity index (χ2n) is 5.57. The first kappa shape index (κ1) is 20.9. The minimum absolute atomic E-state index is 0.277. The van der Waals surface area contributed by atoms with Gasteiger partial charge in [0.05, 0.1) is 12.1 Å². The summed E-state index contributed by atoms with van der Waals surface area (Å²) in [6.45, 7) is 1.41. The molecule has 0 aromatic heterocycles. The second kappa shape index (κ2) is 10.0. The molecule has 0 heterocycles. The standard InChI is InChI=1S/C19H19Cl2NO5/c1-12(27-17-8-5-14(20)9-16(17)21)19(24)26-11-18(23)22-10-13-3-6-15(25-2)7-4-13/h3-9,12H,10-11H2,1-2H3,(H,22,23)/t12-/m1/s1. The van der Waals surface area contributed by atoms with Gasteiger partial charge < -0.3 is 19.5 Å². The predicted molar refractivity (Wildman–Crippen MR) is 102 cm³/mol. The molecule has 0 spiro atoms. The van der Waals surface area contributed by atoms with Crippen LogP contribution >= 0.6 is 23.2 Å².